The fraction of sp³-hybridized carbons (Fsp3) is 0.600. The first-order valence-corrected chi connectivity index (χ1v) is 7.28. The molecule has 0 aromatic heterocycles. The lowest BCUT2D eigenvalue weighted by Gasteiger charge is -2.20. The monoisotopic (exact) mass is 297 g/mol. The molecule has 1 heterocycles. The third-order valence-electron chi connectivity index (χ3n) is 3.20. The van der Waals surface area contributed by atoms with Gasteiger partial charge in [0, 0.05) is 6.54 Å². The molecule has 6 nitrogen and oxygen atoms in total. The molecule has 6 heteroatoms. The average molecular weight is 297 g/mol. The van der Waals surface area contributed by atoms with Crippen LogP contribution < -0.4 is 14.8 Å². The summed E-state index contributed by atoms with van der Waals surface area (Å²) in [5.74, 6) is 1.43. The summed E-state index contributed by atoms with van der Waals surface area (Å²) in [6.07, 6.45) is 0.0753. The summed E-state index contributed by atoms with van der Waals surface area (Å²) in [5.41, 5.74) is 0.831. The molecule has 0 spiro atoms. The van der Waals surface area contributed by atoms with E-state index in [0.29, 0.717) is 51.7 Å². The smallest absolute Gasteiger partial charge is 0.161 e. The molecule has 0 aliphatic carbocycles. The molecule has 1 aromatic rings. The van der Waals surface area contributed by atoms with Gasteiger partial charge in [0.25, 0.3) is 0 Å². The number of hydrogen-bond donors (Lipinski definition) is 3. The number of rotatable bonds is 9. The molecule has 2 rings (SSSR count). The Morgan fingerprint density at radius 2 is 1.95 bits per heavy atom. The largest absolute Gasteiger partial charge is 0.486 e. The van der Waals surface area contributed by atoms with Crippen molar-refractivity contribution in [2.24, 2.45) is 0 Å². The van der Waals surface area contributed by atoms with Crippen LogP contribution in [0.25, 0.3) is 0 Å². The maximum absolute atomic E-state index is 10.2. The van der Waals surface area contributed by atoms with E-state index in [2.05, 4.69) is 5.32 Å². The van der Waals surface area contributed by atoms with E-state index < -0.39 is 6.10 Å². The van der Waals surface area contributed by atoms with Gasteiger partial charge in [-0.15, -0.1) is 0 Å². The van der Waals surface area contributed by atoms with E-state index in [0.717, 1.165) is 11.3 Å². The summed E-state index contributed by atoms with van der Waals surface area (Å²) >= 11 is 0. The van der Waals surface area contributed by atoms with Crippen LogP contribution in [0.5, 0.6) is 11.5 Å². The average Bonchev–Trinajstić information content (AvgIpc) is 2.53. The van der Waals surface area contributed by atoms with E-state index in [4.69, 9.17) is 19.3 Å². The quantitative estimate of drug-likeness (QED) is 0.575. The van der Waals surface area contributed by atoms with Crippen LogP contribution in [0, 0.1) is 0 Å². The fourth-order valence-corrected chi connectivity index (χ4v) is 2.11. The SMILES string of the molecule is OCCOCCNCCC(O)c1ccc2c(c1)OCCO2. The number of hydrogen-bond acceptors (Lipinski definition) is 6. The molecule has 21 heavy (non-hydrogen) atoms. The standard InChI is InChI=1S/C15H23NO5/c17-6-8-19-7-5-16-4-3-13(18)12-1-2-14-15(11-12)21-10-9-20-14/h1-2,11,13,16-18H,3-10H2. The van der Waals surface area contributed by atoms with Crippen LogP contribution in [-0.2, 0) is 4.74 Å². The highest BCUT2D eigenvalue weighted by Gasteiger charge is 2.15. The predicted octanol–water partition coefficient (Wildman–Crippen LogP) is 0.480. The Bertz CT molecular complexity index is 427. The van der Waals surface area contributed by atoms with Gasteiger partial charge in [-0.25, -0.2) is 0 Å². The zero-order valence-corrected chi connectivity index (χ0v) is 12.1. The van der Waals surface area contributed by atoms with Gasteiger partial charge < -0.3 is 29.7 Å². The molecule has 0 fully saturated rings. The minimum atomic E-state index is -0.535. The zero-order chi connectivity index (χ0) is 14.9. The first-order chi connectivity index (χ1) is 10.3. The van der Waals surface area contributed by atoms with Crippen molar-refractivity contribution >= 4 is 0 Å². The molecule has 0 amide bonds. The molecular weight excluding hydrogens is 274 g/mol. The molecule has 1 unspecified atom stereocenters. The molecule has 0 radical (unpaired) electrons. The lowest BCUT2D eigenvalue weighted by molar-refractivity contribution is 0.0930. The van der Waals surface area contributed by atoms with Crippen molar-refractivity contribution in [3.05, 3.63) is 23.8 Å². The van der Waals surface area contributed by atoms with Crippen LogP contribution in [-0.4, -0.2) is 56.3 Å². The number of aliphatic hydroxyl groups excluding tert-OH is 2. The van der Waals surface area contributed by atoms with E-state index in [1.165, 1.54) is 0 Å². The molecule has 3 N–H and O–H groups in total. The van der Waals surface area contributed by atoms with Crippen LogP contribution in [0.1, 0.15) is 18.1 Å². The van der Waals surface area contributed by atoms with E-state index in [1.807, 2.05) is 18.2 Å². The van der Waals surface area contributed by atoms with Gasteiger partial charge in [0.15, 0.2) is 11.5 Å². The minimum Gasteiger partial charge on any atom is -0.486 e. The van der Waals surface area contributed by atoms with Crippen molar-refractivity contribution in [2.45, 2.75) is 12.5 Å². The third-order valence-corrected chi connectivity index (χ3v) is 3.20. The van der Waals surface area contributed by atoms with Gasteiger partial charge in [-0.2, -0.15) is 0 Å². The Morgan fingerprint density at radius 3 is 2.76 bits per heavy atom. The second-order valence-corrected chi connectivity index (χ2v) is 4.79. The molecule has 0 saturated carbocycles. The van der Waals surface area contributed by atoms with Crippen molar-refractivity contribution in [3.63, 3.8) is 0 Å². The number of aliphatic hydroxyl groups is 2. The second-order valence-electron chi connectivity index (χ2n) is 4.79. The summed E-state index contributed by atoms with van der Waals surface area (Å²) in [7, 11) is 0. The number of benzene rings is 1. The molecule has 1 aromatic carbocycles. The van der Waals surface area contributed by atoms with Gasteiger partial charge in [0.1, 0.15) is 13.2 Å². The third kappa shape index (κ3) is 5.17. The number of nitrogens with one attached hydrogen (secondary N) is 1. The highest BCUT2D eigenvalue weighted by Crippen LogP contribution is 2.33. The van der Waals surface area contributed by atoms with Gasteiger partial charge in [-0.1, -0.05) is 6.07 Å². The predicted molar refractivity (Wildman–Crippen MR) is 77.8 cm³/mol. The van der Waals surface area contributed by atoms with Crippen molar-refractivity contribution < 1.29 is 24.4 Å². The van der Waals surface area contributed by atoms with Crippen molar-refractivity contribution in [1.29, 1.82) is 0 Å². The Labute approximate surface area is 124 Å². The van der Waals surface area contributed by atoms with Crippen LogP contribution in [0.2, 0.25) is 0 Å². The molecule has 1 aliphatic heterocycles. The Balaban J connectivity index is 1.69. The number of fused-ring (bicyclic) bond motifs is 1. The molecule has 118 valence electrons. The highest BCUT2D eigenvalue weighted by atomic mass is 16.6. The van der Waals surface area contributed by atoms with Crippen LogP contribution in [0.4, 0.5) is 0 Å². The van der Waals surface area contributed by atoms with Crippen molar-refractivity contribution in [2.75, 3.05) is 46.1 Å². The van der Waals surface area contributed by atoms with Gasteiger partial charge in [0.05, 0.1) is 25.9 Å². The molecule has 0 saturated heterocycles. The van der Waals surface area contributed by atoms with Gasteiger partial charge in [0.2, 0.25) is 0 Å². The summed E-state index contributed by atoms with van der Waals surface area (Å²) in [5, 5.41) is 21.9. The van der Waals surface area contributed by atoms with Crippen LogP contribution >= 0.6 is 0 Å². The fourth-order valence-electron chi connectivity index (χ4n) is 2.11. The lowest BCUT2D eigenvalue weighted by atomic mass is 10.1. The van der Waals surface area contributed by atoms with E-state index in [9.17, 15) is 5.11 Å². The first kappa shape index (κ1) is 16.0. The molecule has 0 bridgehead atoms. The molecule has 1 aliphatic rings. The topological polar surface area (TPSA) is 80.2 Å². The molecular formula is C15H23NO5. The van der Waals surface area contributed by atoms with Crippen molar-refractivity contribution in [1.82, 2.24) is 5.32 Å². The first-order valence-electron chi connectivity index (χ1n) is 7.28. The Hall–Kier alpha value is -1.34. The molecule has 1 atom stereocenters. The van der Waals surface area contributed by atoms with Crippen LogP contribution in [0.3, 0.4) is 0 Å². The van der Waals surface area contributed by atoms with Gasteiger partial charge >= 0.3 is 0 Å². The lowest BCUT2D eigenvalue weighted by Crippen LogP contribution is -2.23. The maximum Gasteiger partial charge on any atom is 0.161 e. The van der Waals surface area contributed by atoms with Crippen molar-refractivity contribution in [3.8, 4) is 11.5 Å². The zero-order valence-electron chi connectivity index (χ0n) is 12.1. The Kier molecular flexibility index (Phi) is 6.75. The summed E-state index contributed by atoms with van der Waals surface area (Å²) in [6.45, 7) is 3.47. The summed E-state index contributed by atoms with van der Waals surface area (Å²) in [4.78, 5) is 0. The summed E-state index contributed by atoms with van der Waals surface area (Å²) in [6, 6.07) is 5.54. The van der Waals surface area contributed by atoms with E-state index in [-0.39, 0.29) is 6.61 Å². The van der Waals surface area contributed by atoms with E-state index in [1.54, 1.807) is 0 Å². The normalized spacial score (nSPS) is 15.0. The summed E-state index contributed by atoms with van der Waals surface area (Å²) < 4.78 is 16.1. The van der Waals surface area contributed by atoms with Gasteiger partial charge in [-0.3, -0.25) is 0 Å². The minimum absolute atomic E-state index is 0.0445. The van der Waals surface area contributed by atoms with Gasteiger partial charge in [-0.05, 0) is 30.7 Å². The Morgan fingerprint density at radius 1 is 1.14 bits per heavy atom. The van der Waals surface area contributed by atoms with Crippen LogP contribution in [0.15, 0.2) is 18.2 Å². The maximum atomic E-state index is 10.2. The highest BCUT2D eigenvalue weighted by molar-refractivity contribution is 5.44. The van der Waals surface area contributed by atoms with E-state index >= 15 is 0 Å². The number of ether oxygens (including phenoxy) is 3. The second kappa shape index (κ2) is 8.84.